The maximum atomic E-state index is 13.9. The number of alkyl halides is 2. The van der Waals surface area contributed by atoms with Gasteiger partial charge in [0.15, 0.2) is 0 Å². The van der Waals surface area contributed by atoms with Gasteiger partial charge in [0, 0.05) is 37.2 Å². The molecule has 0 spiro atoms. The Balaban J connectivity index is 1.44. The summed E-state index contributed by atoms with van der Waals surface area (Å²) in [4.78, 5) is 55.9. The molecule has 0 bridgehead atoms. The minimum absolute atomic E-state index is 0.0628. The molecule has 0 unspecified atom stereocenters. The lowest BCUT2D eigenvalue weighted by atomic mass is 9.86. The molecule has 2 amide bonds. The smallest absolute Gasteiger partial charge is 0.300 e. The number of aliphatic hydroxyl groups is 1. The molecule has 2 aliphatic heterocycles. The fourth-order valence-electron chi connectivity index (χ4n) is 6.29. The van der Waals surface area contributed by atoms with Crippen LogP contribution in [0.4, 0.5) is 26.1 Å². The molecule has 1 aromatic carbocycles. The van der Waals surface area contributed by atoms with Gasteiger partial charge in [-0.2, -0.15) is 0 Å². The van der Waals surface area contributed by atoms with E-state index in [-0.39, 0.29) is 37.2 Å². The number of rotatable bonds is 12. The first kappa shape index (κ1) is 34.4. The Bertz CT molecular complexity index is 1710. The lowest BCUT2D eigenvalue weighted by molar-refractivity contribution is -0.122. The largest absolute Gasteiger partial charge is 0.497 e. The number of halogens is 2. The Kier molecular flexibility index (Phi) is 10.0. The van der Waals surface area contributed by atoms with Gasteiger partial charge in [0.25, 0.3) is 5.91 Å². The number of nitrogen functional groups attached to an aromatic ring is 1. The van der Waals surface area contributed by atoms with Gasteiger partial charge in [-0.3, -0.25) is 24.7 Å². The number of ether oxygens (including phenoxy) is 2. The molecule has 2 aromatic heterocycles. The minimum Gasteiger partial charge on any atom is -0.497 e. The van der Waals surface area contributed by atoms with Gasteiger partial charge in [0.2, 0.25) is 11.7 Å². The minimum atomic E-state index is -3.37. The summed E-state index contributed by atoms with van der Waals surface area (Å²) in [5.74, 6) is 4.67. The zero-order valence-corrected chi connectivity index (χ0v) is 27.0. The van der Waals surface area contributed by atoms with Gasteiger partial charge in [0.1, 0.15) is 35.2 Å². The predicted octanol–water partition coefficient (Wildman–Crippen LogP) is 2.55. The second-order valence-corrected chi connectivity index (χ2v) is 12.0. The monoisotopic (exact) mass is 668 g/mol. The van der Waals surface area contributed by atoms with Crippen LogP contribution in [-0.4, -0.2) is 84.5 Å². The fourth-order valence-corrected chi connectivity index (χ4v) is 6.29. The summed E-state index contributed by atoms with van der Waals surface area (Å²) in [5.41, 5.74) is 1.98. The Morgan fingerprint density at radius 3 is 2.46 bits per heavy atom. The molecule has 4 heterocycles. The number of hydrogen-bond acceptors (Lipinski definition) is 12. The number of aliphatic hydroxyl groups excluding tert-OH is 1. The number of Topliss-reactive ketones (excluding diaryl/α,β-unsaturated/α-hetero) is 1. The van der Waals surface area contributed by atoms with E-state index in [2.05, 4.69) is 25.2 Å². The van der Waals surface area contributed by atoms with Crippen molar-refractivity contribution in [2.45, 2.75) is 51.0 Å². The van der Waals surface area contributed by atoms with E-state index in [0.29, 0.717) is 60.3 Å². The number of ketones is 1. The number of carbonyl (C=O) groups is 3. The summed E-state index contributed by atoms with van der Waals surface area (Å²) in [5, 5.41) is 12.4. The highest BCUT2D eigenvalue weighted by molar-refractivity contribution is 6.09. The molecular weight excluding hydrogens is 630 g/mol. The van der Waals surface area contributed by atoms with Crippen molar-refractivity contribution in [2.24, 2.45) is 5.84 Å². The number of methoxy groups -OCH3 is 2. The lowest BCUT2D eigenvalue weighted by Gasteiger charge is -2.35. The maximum absolute atomic E-state index is 13.9. The molecule has 2 aliphatic rings. The number of aromatic nitrogens is 3. The van der Waals surface area contributed by atoms with Crippen LogP contribution in [0.2, 0.25) is 0 Å². The van der Waals surface area contributed by atoms with E-state index in [1.54, 1.807) is 31.3 Å². The molecule has 1 saturated heterocycles. The van der Waals surface area contributed by atoms with Crippen LogP contribution in [0.1, 0.15) is 70.3 Å². The molecule has 0 aliphatic carbocycles. The van der Waals surface area contributed by atoms with Crippen molar-refractivity contribution in [1.29, 1.82) is 0 Å². The number of fused-ring (bicyclic) bond motifs is 1. The number of anilines is 3. The van der Waals surface area contributed by atoms with E-state index >= 15 is 0 Å². The zero-order valence-electron chi connectivity index (χ0n) is 27.0. The Hall–Kier alpha value is -4.96. The van der Waals surface area contributed by atoms with Crippen molar-refractivity contribution >= 4 is 34.9 Å². The number of nitrogens with zero attached hydrogens (tertiary/aromatic N) is 5. The molecule has 3 aromatic rings. The average molecular weight is 669 g/mol. The average Bonchev–Trinajstić information content (AvgIpc) is 3.30. The van der Waals surface area contributed by atoms with Crippen LogP contribution >= 0.6 is 0 Å². The molecular formula is C32H38F2N8O6. The van der Waals surface area contributed by atoms with E-state index in [0.717, 1.165) is 5.56 Å². The molecule has 256 valence electrons. The summed E-state index contributed by atoms with van der Waals surface area (Å²) in [7, 11) is 3.12. The standard InChI is InChI=1S/C32H38F2N8O6/c1-32(2)23-28(37-16-38-29(23)42(31(32)46)15-18-5-6-19(47-3)13-22(18)48-4)41-10-7-17(8-11-41)24-21(36-9-12-43)14-20(26(44)27(33)34)25(39-24)30(45)40-35/h5-6,13-14,16-17,27,36,43H,7-12,15,35H2,1-4H3,(H,40,45). The van der Waals surface area contributed by atoms with Gasteiger partial charge in [-0.25, -0.2) is 29.6 Å². The van der Waals surface area contributed by atoms with Gasteiger partial charge < -0.3 is 24.8 Å². The third kappa shape index (κ3) is 6.32. The molecule has 16 heteroatoms. The van der Waals surface area contributed by atoms with Crippen molar-refractivity contribution in [2.75, 3.05) is 55.6 Å². The van der Waals surface area contributed by atoms with Crippen molar-refractivity contribution in [3.8, 4) is 11.5 Å². The first-order chi connectivity index (χ1) is 23.0. The summed E-state index contributed by atoms with van der Waals surface area (Å²) >= 11 is 0. The number of benzene rings is 1. The topological polar surface area (TPSA) is 185 Å². The van der Waals surface area contributed by atoms with E-state index in [4.69, 9.17) is 15.3 Å². The van der Waals surface area contributed by atoms with Crippen LogP contribution in [-0.2, 0) is 16.8 Å². The van der Waals surface area contributed by atoms with Crippen LogP contribution in [0.5, 0.6) is 11.5 Å². The summed E-state index contributed by atoms with van der Waals surface area (Å²) in [6, 6.07) is 6.57. The number of piperidine rings is 1. The van der Waals surface area contributed by atoms with Crippen molar-refractivity contribution in [3.05, 3.63) is 58.7 Å². The Morgan fingerprint density at radius 2 is 1.83 bits per heavy atom. The van der Waals surface area contributed by atoms with Gasteiger partial charge in [-0.1, -0.05) is 0 Å². The van der Waals surface area contributed by atoms with Gasteiger partial charge in [0.05, 0.1) is 55.3 Å². The van der Waals surface area contributed by atoms with E-state index in [9.17, 15) is 28.3 Å². The Labute approximate surface area is 275 Å². The first-order valence-electron chi connectivity index (χ1n) is 15.3. The van der Waals surface area contributed by atoms with Gasteiger partial charge >= 0.3 is 6.43 Å². The number of nitrogens with two attached hydrogens (primary N) is 1. The van der Waals surface area contributed by atoms with Gasteiger partial charge in [-0.05, 0) is 44.9 Å². The van der Waals surface area contributed by atoms with Crippen molar-refractivity contribution in [1.82, 2.24) is 20.4 Å². The fraction of sp³-hybridized carbons (Fsp3) is 0.438. The summed E-state index contributed by atoms with van der Waals surface area (Å²) in [6.07, 6.45) is -0.919. The van der Waals surface area contributed by atoms with E-state index < -0.39 is 34.8 Å². The van der Waals surface area contributed by atoms with Crippen LogP contribution in [0.3, 0.4) is 0 Å². The highest BCUT2D eigenvalue weighted by atomic mass is 19.3. The maximum Gasteiger partial charge on any atom is 0.300 e. The van der Waals surface area contributed by atoms with Gasteiger partial charge in [-0.15, -0.1) is 0 Å². The molecule has 5 N–H and O–H groups in total. The van der Waals surface area contributed by atoms with Crippen molar-refractivity contribution < 1.29 is 37.7 Å². The number of hydrazine groups is 1. The second-order valence-electron chi connectivity index (χ2n) is 12.0. The summed E-state index contributed by atoms with van der Waals surface area (Å²) < 4.78 is 37.7. The normalized spacial score (nSPS) is 15.8. The van der Waals surface area contributed by atoms with Crippen molar-refractivity contribution in [3.63, 3.8) is 0 Å². The highest BCUT2D eigenvalue weighted by Gasteiger charge is 2.48. The number of amides is 2. The first-order valence-corrected chi connectivity index (χ1v) is 15.3. The van der Waals surface area contributed by atoms with E-state index in [1.165, 1.54) is 12.4 Å². The quantitative estimate of drug-likeness (QED) is 0.0959. The highest BCUT2D eigenvalue weighted by Crippen LogP contribution is 2.47. The third-order valence-corrected chi connectivity index (χ3v) is 8.76. The van der Waals surface area contributed by atoms with E-state index in [1.807, 2.05) is 25.3 Å². The van der Waals surface area contributed by atoms with Crippen LogP contribution in [0.25, 0.3) is 0 Å². The zero-order chi connectivity index (χ0) is 34.7. The number of hydrogen-bond donors (Lipinski definition) is 4. The predicted molar refractivity (Wildman–Crippen MR) is 172 cm³/mol. The van der Waals surface area contributed by atoms with Crippen LogP contribution in [0.15, 0.2) is 30.6 Å². The second kappa shape index (κ2) is 14.0. The third-order valence-electron chi connectivity index (χ3n) is 8.76. The molecule has 14 nitrogen and oxygen atoms in total. The van der Waals surface area contributed by atoms with Crippen LogP contribution < -0.4 is 35.9 Å². The van der Waals surface area contributed by atoms with Crippen LogP contribution in [0, 0.1) is 0 Å². The molecule has 0 saturated carbocycles. The molecule has 1 fully saturated rings. The molecule has 5 rings (SSSR count). The number of carbonyl (C=O) groups excluding carboxylic acids is 3. The SMILES string of the molecule is COc1ccc(CN2C(=O)C(C)(C)c3c(N4CCC(c5nc(C(=O)NN)c(C(=O)C(F)F)cc5NCCO)CC4)ncnc32)c(OC)c1. The molecule has 0 radical (unpaired) electrons. The summed E-state index contributed by atoms with van der Waals surface area (Å²) in [6.45, 7) is 4.65. The lowest BCUT2D eigenvalue weighted by Crippen LogP contribution is -2.38. The Morgan fingerprint density at radius 1 is 1.12 bits per heavy atom. The molecule has 0 atom stereocenters. The molecule has 48 heavy (non-hydrogen) atoms. The number of nitrogens with one attached hydrogen (secondary N) is 2. The number of pyridine rings is 1.